The first-order valence-corrected chi connectivity index (χ1v) is 6.50. The lowest BCUT2D eigenvalue weighted by atomic mass is 9.84. The summed E-state index contributed by atoms with van der Waals surface area (Å²) in [4.78, 5) is 0. The second-order valence-electron chi connectivity index (χ2n) is 5.81. The van der Waals surface area contributed by atoms with E-state index in [1.807, 2.05) is 0 Å². The lowest BCUT2D eigenvalue weighted by Crippen LogP contribution is -2.14. The molecule has 0 bridgehead atoms. The fourth-order valence-electron chi connectivity index (χ4n) is 1.56. The molecule has 1 rings (SSSR count). The monoisotopic (exact) mass is 316 g/mol. The highest BCUT2D eigenvalue weighted by atomic mass is 127. The number of aryl methyl sites for hydroxylation is 1. The van der Waals surface area contributed by atoms with Gasteiger partial charge in [0.25, 0.3) is 0 Å². The van der Waals surface area contributed by atoms with Crippen LogP contribution in [0.5, 0.6) is 0 Å². The topological polar surface area (TPSA) is 0 Å². The minimum absolute atomic E-state index is 0.212. The van der Waals surface area contributed by atoms with Crippen molar-refractivity contribution in [2.45, 2.75) is 50.4 Å². The van der Waals surface area contributed by atoms with Crippen LogP contribution < -0.4 is 0 Å². The number of hydrogen-bond acceptors (Lipinski definition) is 0. The van der Waals surface area contributed by atoms with Gasteiger partial charge in [-0.25, -0.2) is 0 Å². The Bertz CT molecular complexity index is 318. The zero-order valence-electron chi connectivity index (χ0n) is 10.6. The molecule has 1 aromatic carbocycles. The van der Waals surface area contributed by atoms with Gasteiger partial charge >= 0.3 is 0 Å². The molecule has 84 valence electrons. The van der Waals surface area contributed by atoms with Crippen molar-refractivity contribution >= 4 is 22.6 Å². The van der Waals surface area contributed by atoms with Gasteiger partial charge in [-0.15, -0.1) is 0 Å². The number of benzene rings is 1. The van der Waals surface area contributed by atoms with Gasteiger partial charge in [-0.05, 0) is 37.3 Å². The molecular weight excluding hydrogens is 295 g/mol. The Balaban J connectivity index is 3.30. The minimum Gasteiger partial charge on any atom is -0.0743 e. The smallest absolute Gasteiger partial charge is 0.0414 e. The Morgan fingerprint density at radius 3 is 1.73 bits per heavy atom. The van der Waals surface area contributed by atoms with Gasteiger partial charge in [0.1, 0.15) is 0 Å². The third kappa shape index (κ3) is 3.47. The van der Waals surface area contributed by atoms with Crippen LogP contribution in [0.25, 0.3) is 0 Å². The van der Waals surface area contributed by atoms with E-state index in [2.05, 4.69) is 82.3 Å². The molecule has 0 saturated heterocycles. The van der Waals surface area contributed by atoms with E-state index >= 15 is 0 Å². The summed E-state index contributed by atoms with van der Waals surface area (Å²) < 4.78 is 0.212. The first kappa shape index (κ1) is 13.0. The second-order valence-corrected chi connectivity index (χ2v) is 8.51. The lowest BCUT2D eigenvalue weighted by Gasteiger charge is -2.24. The molecule has 0 aliphatic heterocycles. The van der Waals surface area contributed by atoms with E-state index in [9.17, 15) is 0 Å². The highest BCUT2D eigenvalue weighted by molar-refractivity contribution is 14.1. The molecule has 0 unspecified atom stereocenters. The van der Waals surface area contributed by atoms with Crippen molar-refractivity contribution in [2.75, 3.05) is 0 Å². The van der Waals surface area contributed by atoms with Gasteiger partial charge in [-0.1, -0.05) is 67.1 Å². The van der Waals surface area contributed by atoms with Crippen molar-refractivity contribution in [1.29, 1.82) is 0 Å². The van der Waals surface area contributed by atoms with Crippen LogP contribution in [0.3, 0.4) is 0 Å². The summed E-state index contributed by atoms with van der Waals surface area (Å²) in [5.74, 6) is 0. The molecule has 1 aromatic rings. The second kappa shape index (κ2) is 4.08. The quantitative estimate of drug-likeness (QED) is 0.507. The van der Waals surface area contributed by atoms with Gasteiger partial charge in [0.2, 0.25) is 0 Å². The Kier molecular flexibility index (Phi) is 3.54. The average Bonchev–Trinajstić information content (AvgIpc) is 1.99. The van der Waals surface area contributed by atoms with Gasteiger partial charge in [-0.2, -0.15) is 0 Å². The number of hydrogen-bond donors (Lipinski definition) is 0. The summed E-state index contributed by atoms with van der Waals surface area (Å²) in [5.41, 5.74) is 4.46. The molecule has 0 spiro atoms. The molecule has 0 N–H and O–H groups in total. The largest absolute Gasteiger partial charge is 0.0743 e. The van der Waals surface area contributed by atoms with E-state index in [1.54, 1.807) is 0 Å². The third-order valence-corrected chi connectivity index (χ3v) is 3.25. The standard InChI is InChI=1S/C14H21I/c1-10-7-11(13(2,3)4)9-12(8-10)14(5,6)15/h7-9H,1-6H3. The third-order valence-electron chi connectivity index (χ3n) is 2.63. The van der Waals surface area contributed by atoms with Crippen LogP contribution in [0.1, 0.15) is 51.3 Å². The summed E-state index contributed by atoms with van der Waals surface area (Å²) in [6.45, 7) is 13.5. The van der Waals surface area contributed by atoms with Crippen molar-refractivity contribution in [1.82, 2.24) is 0 Å². The molecule has 0 saturated carbocycles. The van der Waals surface area contributed by atoms with Crippen molar-refractivity contribution in [2.24, 2.45) is 0 Å². The first-order chi connectivity index (χ1) is 6.60. The summed E-state index contributed by atoms with van der Waals surface area (Å²) >= 11 is 2.50. The zero-order valence-corrected chi connectivity index (χ0v) is 12.8. The van der Waals surface area contributed by atoms with Gasteiger partial charge in [-0.3, -0.25) is 0 Å². The van der Waals surface area contributed by atoms with Crippen LogP contribution in [-0.2, 0) is 8.84 Å². The van der Waals surface area contributed by atoms with Gasteiger partial charge in [0.05, 0.1) is 0 Å². The summed E-state index contributed by atoms with van der Waals surface area (Å²) in [6, 6.07) is 6.94. The normalized spacial score (nSPS) is 13.0. The van der Waals surface area contributed by atoms with Crippen molar-refractivity contribution < 1.29 is 0 Å². The highest BCUT2D eigenvalue weighted by Gasteiger charge is 2.20. The maximum atomic E-state index is 2.50. The molecule has 15 heavy (non-hydrogen) atoms. The zero-order chi connectivity index (χ0) is 11.9. The summed E-state index contributed by atoms with van der Waals surface area (Å²) in [7, 11) is 0. The van der Waals surface area contributed by atoms with E-state index in [-0.39, 0.29) is 8.84 Å². The fourth-order valence-corrected chi connectivity index (χ4v) is 1.87. The molecule has 0 fully saturated rings. The van der Waals surface area contributed by atoms with Gasteiger partial charge in [0.15, 0.2) is 0 Å². The average molecular weight is 316 g/mol. The van der Waals surface area contributed by atoms with Crippen LogP contribution in [-0.4, -0.2) is 0 Å². The van der Waals surface area contributed by atoms with Gasteiger partial charge in [0, 0.05) is 3.42 Å². The molecule has 0 nitrogen and oxygen atoms in total. The Hall–Kier alpha value is -0.0500. The molecule has 0 amide bonds. The summed E-state index contributed by atoms with van der Waals surface area (Å²) in [6.07, 6.45) is 0. The highest BCUT2D eigenvalue weighted by Crippen LogP contribution is 2.34. The summed E-state index contributed by atoms with van der Waals surface area (Å²) in [5, 5.41) is 0. The Morgan fingerprint density at radius 1 is 0.867 bits per heavy atom. The van der Waals surface area contributed by atoms with Gasteiger partial charge < -0.3 is 0 Å². The van der Waals surface area contributed by atoms with Crippen LogP contribution in [0, 0.1) is 6.92 Å². The lowest BCUT2D eigenvalue weighted by molar-refractivity contribution is 0.587. The number of alkyl halides is 1. The molecule has 0 aromatic heterocycles. The maximum Gasteiger partial charge on any atom is 0.0414 e. The number of halogens is 1. The van der Waals surface area contributed by atoms with Crippen molar-refractivity contribution in [3.63, 3.8) is 0 Å². The molecule has 0 atom stereocenters. The molecular formula is C14H21I. The van der Waals surface area contributed by atoms with Crippen LogP contribution in [0.15, 0.2) is 18.2 Å². The molecule has 0 aliphatic carbocycles. The predicted octanol–water partition coefficient (Wildman–Crippen LogP) is 4.96. The molecule has 0 aliphatic rings. The predicted molar refractivity (Wildman–Crippen MR) is 76.9 cm³/mol. The van der Waals surface area contributed by atoms with E-state index in [1.165, 1.54) is 16.7 Å². The fraction of sp³-hybridized carbons (Fsp3) is 0.571. The SMILES string of the molecule is Cc1cc(C(C)(C)C)cc(C(C)(C)I)c1. The van der Waals surface area contributed by atoms with Crippen LogP contribution in [0.2, 0.25) is 0 Å². The van der Waals surface area contributed by atoms with Crippen molar-refractivity contribution in [3.05, 3.63) is 34.9 Å². The Morgan fingerprint density at radius 2 is 1.33 bits per heavy atom. The van der Waals surface area contributed by atoms with E-state index in [0.717, 1.165) is 0 Å². The molecule has 1 heteroatoms. The molecule has 0 radical (unpaired) electrons. The van der Waals surface area contributed by atoms with E-state index in [0.29, 0.717) is 0 Å². The Labute approximate surface area is 108 Å². The first-order valence-electron chi connectivity index (χ1n) is 5.42. The van der Waals surface area contributed by atoms with Crippen molar-refractivity contribution in [3.8, 4) is 0 Å². The maximum absolute atomic E-state index is 2.50. The van der Waals surface area contributed by atoms with E-state index < -0.39 is 0 Å². The molecule has 0 heterocycles. The van der Waals surface area contributed by atoms with Crippen LogP contribution in [0.4, 0.5) is 0 Å². The van der Waals surface area contributed by atoms with Crippen LogP contribution >= 0.6 is 22.6 Å². The minimum atomic E-state index is 0.212. The number of rotatable bonds is 1. The van der Waals surface area contributed by atoms with E-state index in [4.69, 9.17) is 0 Å².